The second-order valence-electron chi connectivity index (χ2n) is 4.82. The molecule has 0 heterocycles. The topological polar surface area (TPSA) is 29.5 Å². The molecule has 3 nitrogen and oxygen atoms in total. The highest BCUT2D eigenvalue weighted by atomic mass is 79.9. The fourth-order valence-electron chi connectivity index (χ4n) is 2.30. The van der Waals surface area contributed by atoms with Gasteiger partial charge in [-0.15, -0.1) is 0 Å². The van der Waals surface area contributed by atoms with E-state index in [2.05, 4.69) is 15.9 Å². The van der Waals surface area contributed by atoms with Gasteiger partial charge in [0.1, 0.15) is 5.75 Å². The first-order chi connectivity index (χ1) is 8.61. The molecule has 0 unspecified atom stereocenters. The second kappa shape index (κ2) is 5.74. The van der Waals surface area contributed by atoms with Crippen LogP contribution < -0.4 is 4.74 Å². The molecule has 1 aliphatic carbocycles. The van der Waals surface area contributed by atoms with Crippen LogP contribution in [-0.4, -0.2) is 36.3 Å². The zero-order chi connectivity index (χ0) is 13.1. The lowest BCUT2D eigenvalue weighted by Crippen LogP contribution is -2.37. The number of nitrogens with zero attached hydrogens (tertiary/aromatic N) is 1. The van der Waals surface area contributed by atoms with Gasteiger partial charge in [0.05, 0.1) is 12.7 Å². The summed E-state index contributed by atoms with van der Waals surface area (Å²) in [5, 5.41) is 0. The fourth-order valence-corrected chi connectivity index (χ4v) is 3.36. The van der Waals surface area contributed by atoms with Crippen LogP contribution in [0.2, 0.25) is 0 Å². The molecule has 1 aromatic rings. The maximum Gasteiger partial charge on any atom is 0.257 e. The van der Waals surface area contributed by atoms with Crippen molar-refractivity contribution in [3.63, 3.8) is 0 Å². The first kappa shape index (κ1) is 13.4. The SMILES string of the molecule is COc1ccccc1C(=O)N(C)CC1CC(Br)C1. The monoisotopic (exact) mass is 311 g/mol. The summed E-state index contributed by atoms with van der Waals surface area (Å²) in [5.41, 5.74) is 0.636. The van der Waals surface area contributed by atoms with Crippen LogP contribution in [-0.2, 0) is 0 Å². The standard InChI is InChI=1S/C14H18BrNO2/c1-16(9-10-7-11(15)8-10)14(17)12-5-3-4-6-13(12)18-2/h3-6,10-11H,7-9H2,1-2H3. The van der Waals surface area contributed by atoms with Crippen molar-refractivity contribution in [1.29, 1.82) is 0 Å². The van der Waals surface area contributed by atoms with E-state index in [1.807, 2.05) is 31.3 Å². The quantitative estimate of drug-likeness (QED) is 0.800. The lowest BCUT2D eigenvalue weighted by molar-refractivity contribution is 0.0745. The molecule has 0 radical (unpaired) electrons. The molecule has 18 heavy (non-hydrogen) atoms. The van der Waals surface area contributed by atoms with Crippen LogP contribution in [0.25, 0.3) is 0 Å². The number of amides is 1. The normalized spacial score (nSPS) is 22.2. The predicted molar refractivity (Wildman–Crippen MR) is 75.4 cm³/mol. The third kappa shape index (κ3) is 2.86. The number of methoxy groups -OCH3 is 1. The van der Waals surface area contributed by atoms with Crippen LogP contribution in [0.15, 0.2) is 24.3 Å². The van der Waals surface area contributed by atoms with Crippen molar-refractivity contribution in [2.45, 2.75) is 17.7 Å². The van der Waals surface area contributed by atoms with Gasteiger partial charge in [-0.05, 0) is 30.9 Å². The highest BCUT2D eigenvalue weighted by Crippen LogP contribution is 2.34. The Bertz CT molecular complexity index is 430. The molecule has 0 saturated heterocycles. The number of carbonyl (C=O) groups is 1. The van der Waals surface area contributed by atoms with Crippen LogP contribution in [0.1, 0.15) is 23.2 Å². The number of hydrogen-bond donors (Lipinski definition) is 0. The summed E-state index contributed by atoms with van der Waals surface area (Å²) < 4.78 is 5.22. The molecular formula is C14H18BrNO2. The molecule has 1 saturated carbocycles. The summed E-state index contributed by atoms with van der Waals surface area (Å²) in [4.78, 5) is 14.7. The number of carbonyl (C=O) groups excluding carboxylic acids is 1. The minimum Gasteiger partial charge on any atom is -0.496 e. The first-order valence-electron chi connectivity index (χ1n) is 6.14. The molecule has 0 bridgehead atoms. The highest BCUT2D eigenvalue weighted by Gasteiger charge is 2.29. The molecule has 0 aromatic heterocycles. The van der Waals surface area contributed by atoms with E-state index >= 15 is 0 Å². The highest BCUT2D eigenvalue weighted by molar-refractivity contribution is 9.09. The Balaban J connectivity index is 2.01. The molecule has 0 N–H and O–H groups in total. The van der Waals surface area contributed by atoms with Gasteiger partial charge >= 0.3 is 0 Å². The summed E-state index contributed by atoms with van der Waals surface area (Å²) in [5.74, 6) is 1.30. The summed E-state index contributed by atoms with van der Waals surface area (Å²) in [6.07, 6.45) is 2.31. The molecule has 1 fully saturated rings. The summed E-state index contributed by atoms with van der Waals surface area (Å²) in [6, 6.07) is 7.36. The van der Waals surface area contributed by atoms with Crippen molar-refractivity contribution < 1.29 is 9.53 Å². The molecule has 4 heteroatoms. The first-order valence-corrected chi connectivity index (χ1v) is 7.06. The van der Waals surface area contributed by atoms with Crippen molar-refractivity contribution in [2.75, 3.05) is 20.7 Å². The molecule has 2 rings (SSSR count). The van der Waals surface area contributed by atoms with Gasteiger partial charge in [0, 0.05) is 18.4 Å². The Morgan fingerprint density at radius 1 is 1.44 bits per heavy atom. The molecule has 0 spiro atoms. The third-order valence-electron chi connectivity index (χ3n) is 3.39. The van der Waals surface area contributed by atoms with Crippen molar-refractivity contribution in [3.8, 4) is 5.75 Å². The van der Waals surface area contributed by atoms with E-state index in [1.165, 1.54) is 0 Å². The molecule has 1 amide bonds. The summed E-state index contributed by atoms with van der Waals surface area (Å²) in [7, 11) is 3.45. The largest absolute Gasteiger partial charge is 0.496 e. The van der Waals surface area contributed by atoms with Crippen LogP contribution >= 0.6 is 15.9 Å². The number of benzene rings is 1. The minimum absolute atomic E-state index is 0.0328. The summed E-state index contributed by atoms with van der Waals surface area (Å²) >= 11 is 3.57. The Labute approximate surface area is 116 Å². The van der Waals surface area contributed by atoms with Gasteiger partial charge in [-0.3, -0.25) is 4.79 Å². The minimum atomic E-state index is 0.0328. The Kier molecular flexibility index (Phi) is 4.27. The molecule has 1 aromatic carbocycles. The van der Waals surface area contributed by atoms with E-state index in [-0.39, 0.29) is 5.91 Å². The maximum absolute atomic E-state index is 12.3. The molecular weight excluding hydrogens is 294 g/mol. The van der Waals surface area contributed by atoms with Gasteiger partial charge in [0.25, 0.3) is 5.91 Å². The van der Waals surface area contributed by atoms with Gasteiger partial charge in [0.15, 0.2) is 0 Å². The van der Waals surface area contributed by atoms with Gasteiger partial charge in [-0.2, -0.15) is 0 Å². The van der Waals surface area contributed by atoms with Crippen LogP contribution in [0.3, 0.4) is 0 Å². The van der Waals surface area contributed by atoms with Crippen LogP contribution in [0.5, 0.6) is 5.75 Å². The van der Waals surface area contributed by atoms with E-state index in [0.29, 0.717) is 22.1 Å². The van der Waals surface area contributed by atoms with E-state index in [0.717, 1.165) is 19.4 Å². The van der Waals surface area contributed by atoms with Gasteiger partial charge < -0.3 is 9.64 Å². The number of rotatable bonds is 4. The van der Waals surface area contributed by atoms with Crippen molar-refractivity contribution >= 4 is 21.8 Å². The van der Waals surface area contributed by atoms with Crippen molar-refractivity contribution in [3.05, 3.63) is 29.8 Å². The van der Waals surface area contributed by atoms with E-state index in [4.69, 9.17) is 4.74 Å². The van der Waals surface area contributed by atoms with Crippen molar-refractivity contribution in [2.24, 2.45) is 5.92 Å². The second-order valence-corrected chi connectivity index (χ2v) is 6.12. The fraction of sp³-hybridized carbons (Fsp3) is 0.500. The smallest absolute Gasteiger partial charge is 0.257 e. The third-order valence-corrected chi connectivity index (χ3v) is 4.14. The van der Waals surface area contributed by atoms with Crippen molar-refractivity contribution in [1.82, 2.24) is 4.90 Å². The average Bonchev–Trinajstić information content (AvgIpc) is 2.35. The zero-order valence-electron chi connectivity index (χ0n) is 10.7. The average molecular weight is 312 g/mol. The van der Waals surface area contributed by atoms with E-state index in [1.54, 1.807) is 12.0 Å². The van der Waals surface area contributed by atoms with E-state index < -0.39 is 0 Å². The lowest BCUT2D eigenvalue weighted by atomic mass is 9.85. The summed E-state index contributed by atoms with van der Waals surface area (Å²) in [6.45, 7) is 0.818. The lowest BCUT2D eigenvalue weighted by Gasteiger charge is -2.34. The Hall–Kier alpha value is -1.03. The molecule has 1 aliphatic rings. The zero-order valence-corrected chi connectivity index (χ0v) is 12.3. The van der Waals surface area contributed by atoms with Crippen LogP contribution in [0, 0.1) is 5.92 Å². The Morgan fingerprint density at radius 3 is 2.72 bits per heavy atom. The Morgan fingerprint density at radius 2 is 2.11 bits per heavy atom. The number of hydrogen-bond acceptors (Lipinski definition) is 2. The maximum atomic E-state index is 12.3. The van der Waals surface area contributed by atoms with Gasteiger partial charge in [-0.1, -0.05) is 28.1 Å². The molecule has 98 valence electrons. The number of para-hydroxylation sites is 1. The molecule has 0 aliphatic heterocycles. The van der Waals surface area contributed by atoms with E-state index in [9.17, 15) is 4.79 Å². The molecule has 0 atom stereocenters. The number of ether oxygens (including phenoxy) is 1. The van der Waals surface area contributed by atoms with Gasteiger partial charge in [-0.25, -0.2) is 0 Å². The van der Waals surface area contributed by atoms with Crippen LogP contribution in [0.4, 0.5) is 0 Å². The number of halogens is 1. The van der Waals surface area contributed by atoms with Gasteiger partial charge in [0.2, 0.25) is 0 Å². The predicted octanol–water partition coefficient (Wildman–Crippen LogP) is 2.94. The number of alkyl halides is 1.